The highest BCUT2D eigenvalue weighted by molar-refractivity contribution is 7.89. The zero-order valence-electron chi connectivity index (χ0n) is 14.4. The summed E-state index contributed by atoms with van der Waals surface area (Å²) in [7, 11) is -3.66. The minimum absolute atomic E-state index is 0.00963. The molecular weight excluding hydrogens is 328 g/mol. The van der Waals surface area contributed by atoms with Crippen molar-refractivity contribution < 1.29 is 17.9 Å². The van der Waals surface area contributed by atoms with E-state index in [-0.39, 0.29) is 29.5 Å². The van der Waals surface area contributed by atoms with Gasteiger partial charge in [-0.2, -0.15) is 0 Å². The molecule has 1 heterocycles. The first-order valence-corrected chi connectivity index (χ1v) is 9.80. The predicted octanol–water partition coefficient (Wildman–Crippen LogP) is 1.92. The molecule has 1 aromatic rings. The zero-order valence-corrected chi connectivity index (χ0v) is 15.2. The van der Waals surface area contributed by atoms with E-state index in [1.165, 1.54) is 12.1 Å². The molecule has 24 heavy (non-hydrogen) atoms. The average molecular weight is 354 g/mol. The summed E-state index contributed by atoms with van der Waals surface area (Å²) in [5.74, 6) is 0.0290. The number of benzene rings is 1. The first-order chi connectivity index (χ1) is 11.3. The van der Waals surface area contributed by atoms with E-state index in [0.717, 1.165) is 12.8 Å². The molecule has 0 bridgehead atoms. The van der Waals surface area contributed by atoms with E-state index in [1.54, 1.807) is 12.1 Å². The summed E-state index contributed by atoms with van der Waals surface area (Å²) in [6.45, 7) is 6.88. The second-order valence-electron chi connectivity index (χ2n) is 6.52. The first kappa shape index (κ1) is 18.9. The second kappa shape index (κ2) is 8.09. The predicted molar refractivity (Wildman–Crippen MR) is 92.4 cm³/mol. The van der Waals surface area contributed by atoms with Crippen LogP contribution in [0, 0.1) is 5.92 Å². The van der Waals surface area contributed by atoms with Crippen molar-refractivity contribution in [3.63, 3.8) is 0 Å². The van der Waals surface area contributed by atoms with Gasteiger partial charge < -0.3 is 10.1 Å². The molecule has 1 amide bonds. The Kier molecular flexibility index (Phi) is 6.37. The molecular formula is C17H26N2O4S. The molecule has 2 rings (SSSR count). The maximum atomic E-state index is 12.4. The third-order valence-electron chi connectivity index (χ3n) is 4.29. The Labute approximate surface area is 144 Å². The minimum atomic E-state index is -3.66. The highest BCUT2D eigenvalue weighted by atomic mass is 32.2. The van der Waals surface area contributed by atoms with E-state index < -0.39 is 10.0 Å². The van der Waals surface area contributed by atoms with Gasteiger partial charge in [-0.3, -0.25) is 4.79 Å². The van der Waals surface area contributed by atoms with Crippen LogP contribution in [0.25, 0.3) is 0 Å². The van der Waals surface area contributed by atoms with Crippen LogP contribution in [-0.4, -0.2) is 39.6 Å². The van der Waals surface area contributed by atoms with Crippen molar-refractivity contribution in [1.82, 2.24) is 10.0 Å². The number of rotatable bonds is 7. The monoisotopic (exact) mass is 354 g/mol. The minimum Gasteiger partial charge on any atom is -0.377 e. The number of hydrogen-bond donors (Lipinski definition) is 2. The van der Waals surface area contributed by atoms with Gasteiger partial charge in [0.05, 0.1) is 11.0 Å². The van der Waals surface area contributed by atoms with E-state index in [2.05, 4.69) is 10.0 Å². The Hall–Kier alpha value is -1.44. The third kappa shape index (κ3) is 5.03. The van der Waals surface area contributed by atoms with Gasteiger partial charge in [0.25, 0.3) is 5.91 Å². The maximum absolute atomic E-state index is 12.4. The van der Waals surface area contributed by atoms with Crippen LogP contribution in [-0.2, 0) is 14.8 Å². The number of nitrogens with one attached hydrogen (secondary N) is 2. The molecule has 0 aromatic heterocycles. The number of amides is 1. The van der Waals surface area contributed by atoms with Crippen LogP contribution in [0.5, 0.6) is 0 Å². The van der Waals surface area contributed by atoms with Gasteiger partial charge in [-0.15, -0.1) is 0 Å². The van der Waals surface area contributed by atoms with E-state index in [9.17, 15) is 13.2 Å². The molecule has 1 fully saturated rings. The lowest BCUT2D eigenvalue weighted by molar-refractivity contribution is 0.0930. The summed E-state index contributed by atoms with van der Waals surface area (Å²) in [5.41, 5.74) is 0.336. The molecule has 2 N–H and O–H groups in total. The molecule has 0 radical (unpaired) electrons. The molecule has 1 aromatic carbocycles. The highest BCUT2D eigenvalue weighted by Gasteiger charge is 2.21. The summed E-state index contributed by atoms with van der Waals surface area (Å²) < 4.78 is 32.8. The summed E-state index contributed by atoms with van der Waals surface area (Å²) in [5, 5.41) is 2.88. The lowest BCUT2D eigenvalue weighted by atomic mass is 10.1. The van der Waals surface area contributed by atoms with Crippen LogP contribution in [0.15, 0.2) is 29.2 Å². The summed E-state index contributed by atoms with van der Waals surface area (Å²) in [6, 6.07) is 6.09. The molecule has 0 saturated carbocycles. The lowest BCUT2D eigenvalue weighted by Gasteiger charge is -2.17. The quantitative estimate of drug-likeness (QED) is 0.783. The summed E-state index contributed by atoms with van der Waals surface area (Å²) in [4.78, 5) is 12.3. The number of carbonyl (C=O) groups is 1. The molecule has 7 heteroatoms. The van der Waals surface area contributed by atoms with Gasteiger partial charge in [-0.1, -0.05) is 19.9 Å². The van der Waals surface area contributed by atoms with Crippen molar-refractivity contribution in [3.05, 3.63) is 29.8 Å². The van der Waals surface area contributed by atoms with Crippen molar-refractivity contribution in [3.8, 4) is 0 Å². The van der Waals surface area contributed by atoms with Crippen molar-refractivity contribution in [2.45, 2.75) is 50.7 Å². The van der Waals surface area contributed by atoms with Crippen LogP contribution in [0.2, 0.25) is 0 Å². The number of ether oxygens (including phenoxy) is 1. The normalized spacial score (nSPS) is 19.4. The average Bonchev–Trinajstić information content (AvgIpc) is 3.06. The molecule has 1 aliphatic heterocycles. The fraction of sp³-hybridized carbons (Fsp3) is 0.588. The van der Waals surface area contributed by atoms with Crippen molar-refractivity contribution in [2.75, 3.05) is 13.2 Å². The smallest absolute Gasteiger partial charge is 0.251 e. The zero-order chi connectivity index (χ0) is 17.7. The van der Waals surface area contributed by atoms with Gasteiger partial charge >= 0.3 is 0 Å². The molecule has 0 aliphatic carbocycles. The molecule has 134 valence electrons. The maximum Gasteiger partial charge on any atom is 0.251 e. The van der Waals surface area contributed by atoms with Crippen LogP contribution in [0.3, 0.4) is 0 Å². The van der Waals surface area contributed by atoms with E-state index >= 15 is 0 Å². The Morgan fingerprint density at radius 3 is 2.71 bits per heavy atom. The van der Waals surface area contributed by atoms with Crippen LogP contribution < -0.4 is 10.0 Å². The fourth-order valence-corrected chi connectivity index (χ4v) is 3.46. The van der Waals surface area contributed by atoms with E-state index in [1.807, 2.05) is 20.8 Å². The Morgan fingerprint density at radius 2 is 2.08 bits per heavy atom. The number of sulfonamides is 1. The molecule has 2 unspecified atom stereocenters. The van der Waals surface area contributed by atoms with Gasteiger partial charge in [0.1, 0.15) is 0 Å². The molecule has 6 nitrogen and oxygen atoms in total. The van der Waals surface area contributed by atoms with Gasteiger partial charge in [0.15, 0.2) is 0 Å². The number of hydrogen-bond acceptors (Lipinski definition) is 4. The SMILES string of the molecule is CC(C)C(C)NC(=O)c1cccc(S(=O)(=O)NCC2CCCO2)c1. The highest BCUT2D eigenvalue weighted by Crippen LogP contribution is 2.15. The van der Waals surface area contributed by atoms with Gasteiger partial charge in [-0.05, 0) is 43.9 Å². The second-order valence-corrected chi connectivity index (χ2v) is 8.29. The van der Waals surface area contributed by atoms with Crippen molar-refractivity contribution in [1.29, 1.82) is 0 Å². The summed E-state index contributed by atoms with van der Waals surface area (Å²) >= 11 is 0. The van der Waals surface area contributed by atoms with E-state index in [0.29, 0.717) is 18.1 Å². The van der Waals surface area contributed by atoms with Gasteiger partial charge in [-0.25, -0.2) is 13.1 Å². The molecule has 0 spiro atoms. The lowest BCUT2D eigenvalue weighted by Crippen LogP contribution is -2.36. The van der Waals surface area contributed by atoms with Crippen molar-refractivity contribution >= 4 is 15.9 Å². The third-order valence-corrected chi connectivity index (χ3v) is 5.71. The molecule has 1 saturated heterocycles. The molecule has 1 aliphatic rings. The Balaban J connectivity index is 2.06. The molecule has 2 atom stereocenters. The number of carbonyl (C=O) groups excluding carboxylic acids is 1. The Morgan fingerprint density at radius 1 is 1.33 bits per heavy atom. The van der Waals surface area contributed by atoms with Gasteiger partial charge in [0.2, 0.25) is 10.0 Å². The topological polar surface area (TPSA) is 84.5 Å². The Bertz CT molecular complexity index is 667. The standard InChI is InChI=1S/C17H26N2O4S/c1-12(2)13(3)19-17(20)14-6-4-8-16(10-14)24(21,22)18-11-15-7-5-9-23-15/h4,6,8,10,12-13,15,18H,5,7,9,11H2,1-3H3,(H,19,20). The van der Waals surface area contributed by atoms with Crippen LogP contribution in [0.1, 0.15) is 44.0 Å². The first-order valence-electron chi connectivity index (χ1n) is 8.32. The fourth-order valence-electron chi connectivity index (χ4n) is 2.35. The summed E-state index contributed by atoms with van der Waals surface area (Å²) in [6.07, 6.45) is 1.74. The van der Waals surface area contributed by atoms with E-state index in [4.69, 9.17) is 4.74 Å². The van der Waals surface area contributed by atoms with Crippen LogP contribution in [0.4, 0.5) is 0 Å². The van der Waals surface area contributed by atoms with Crippen molar-refractivity contribution in [2.24, 2.45) is 5.92 Å². The van der Waals surface area contributed by atoms with Gasteiger partial charge in [0, 0.05) is 24.8 Å². The van der Waals surface area contributed by atoms with Crippen LogP contribution >= 0.6 is 0 Å². The largest absolute Gasteiger partial charge is 0.377 e.